The minimum absolute atomic E-state index is 0.261. The van der Waals surface area contributed by atoms with Crippen molar-refractivity contribution < 1.29 is 8.91 Å². The summed E-state index contributed by atoms with van der Waals surface area (Å²) >= 11 is 7.40. The second-order valence-corrected chi connectivity index (χ2v) is 7.10. The lowest BCUT2D eigenvalue weighted by atomic mass is 10.1. The van der Waals surface area contributed by atoms with Gasteiger partial charge in [-0.15, -0.1) is 11.3 Å². The first kappa shape index (κ1) is 16.9. The van der Waals surface area contributed by atoms with Crippen LogP contribution in [0.4, 0.5) is 4.39 Å². The molecule has 0 N–H and O–H groups in total. The second-order valence-electron chi connectivity index (χ2n) is 5.72. The van der Waals surface area contributed by atoms with Crippen molar-refractivity contribution in [1.29, 1.82) is 0 Å². The lowest BCUT2D eigenvalue weighted by molar-refractivity contribution is 0.380. The molecule has 0 radical (unpaired) electrons. The van der Waals surface area contributed by atoms with E-state index >= 15 is 0 Å². The van der Waals surface area contributed by atoms with E-state index in [1.165, 1.54) is 23.5 Å². The summed E-state index contributed by atoms with van der Waals surface area (Å²) in [5.41, 5.74) is 2.75. The van der Waals surface area contributed by atoms with E-state index in [4.69, 9.17) is 16.1 Å². The van der Waals surface area contributed by atoms with Crippen LogP contribution in [0, 0.1) is 5.82 Å². The summed E-state index contributed by atoms with van der Waals surface area (Å²) in [6.07, 6.45) is 1.05. The van der Waals surface area contributed by atoms with Crippen LogP contribution in [0.15, 0.2) is 58.4 Å². The van der Waals surface area contributed by atoms with Crippen molar-refractivity contribution in [2.45, 2.75) is 12.8 Å². The molecule has 7 heteroatoms. The highest BCUT2D eigenvalue weighted by atomic mass is 35.5. The zero-order valence-corrected chi connectivity index (χ0v) is 15.1. The first-order valence-corrected chi connectivity index (χ1v) is 9.18. The molecule has 0 aliphatic carbocycles. The highest BCUT2D eigenvalue weighted by Crippen LogP contribution is 2.23. The third-order valence-corrected chi connectivity index (χ3v) is 4.88. The van der Waals surface area contributed by atoms with Crippen molar-refractivity contribution in [2.75, 3.05) is 0 Å². The van der Waals surface area contributed by atoms with Gasteiger partial charge in [-0.25, -0.2) is 9.37 Å². The normalized spacial score (nSPS) is 11.0. The van der Waals surface area contributed by atoms with Crippen LogP contribution in [0.1, 0.15) is 22.3 Å². The zero-order valence-electron chi connectivity index (χ0n) is 13.5. The highest BCUT2D eigenvalue weighted by molar-refractivity contribution is 7.10. The predicted octanol–water partition coefficient (Wildman–Crippen LogP) is 5.17. The van der Waals surface area contributed by atoms with Gasteiger partial charge in [0.15, 0.2) is 5.82 Å². The van der Waals surface area contributed by atoms with Crippen molar-refractivity contribution in [3.63, 3.8) is 0 Å². The molecule has 26 heavy (non-hydrogen) atoms. The Morgan fingerprint density at radius 2 is 1.73 bits per heavy atom. The third-order valence-electron chi connectivity index (χ3n) is 3.78. The number of thiazole rings is 1. The standard InChI is InChI=1S/C19H13ClFN3OS/c20-14-5-1-12(2-6-14)9-17-23-18(25-24-17)10-19-22-16(11-26-19)13-3-7-15(21)8-4-13/h1-8,11H,9-10H2. The second kappa shape index (κ2) is 7.35. The van der Waals surface area contributed by atoms with E-state index in [-0.39, 0.29) is 5.82 Å². The van der Waals surface area contributed by atoms with Crippen LogP contribution in [0.3, 0.4) is 0 Å². The molecule has 130 valence electrons. The van der Waals surface area contributed by atoms with Crippen LogP contribution in [-0.2, 0) is 12.8 Å². The fraction of sp³-hybridized carbons (Fsp3) is 0.105. The van der Waals surface area contributed by atoms with E-state index in [2.05, 4.69) is 15.1 Å². The molecular formula is C19H13ClFN3OS. The van der Waals surface area contributed by atoms with Gasteiger partial charge in [0.2, 0.25) is 5.89 Å². The number of hydrogen-bond donors (Lipinski definition) is 0. The van der Waals surface area contributed by atoms with Gasteiger partial charge >= 0.3 is 0 Å². The van der Waals surface area contributed by atoms with E-state index in [1.54, 1.807) is 12.1 Å². The van der Waals surface area contributed by atoms with Gasteiger partial charge in [0, 0.05) is 22.4 Å². The molecule has 4 aromatic rings. The smallest absolute Gasteiger partial charge is 0.233 e. The Hall–Kier alpha value is -2.57. The first-order valence-electron chi connectivity index (χ1n) is 7.92. The van der Waals surface area contributed by atoms with Crippen molar-refractivity contribution in [1.82, 2.24) is 15.1 Å². The van der Waals surface area contributed by atoms with Crippen LogP contribution in [0.25, 0.3) is 11.3 Å². The van der Waals surface area contributed by atoms with Gasteiger partial charge in [0.1, 0.15) is 10.8 Å². The van der Waals surface area contributed by atoms with E-state index in [9.17, 15) is 4.39 Å². The maximum absolute atomic E-state index is 13.0. The fourth-order valence-corrected chi connectivity index (χ4v) is 3.41. The number of benzene rings is 2. The monoisotopic (exact) mass is 385 g/mol. The van der Waals surface area contributed by atoms with Crippen molar-refractivity contribution >= 4 is 22.9 Å². The molecule has 0 saturated heterocycles. The van der Waals surface area contributed by atoms with Crippen LogP contribution >= 0.6 is 22.9 Å². The van der Waals surface area contributed by atoms with Crippen LogP contribution in [0.2, 0.25) is 5.02 Å². The lowest BCUT2D eigenvalue weighted by Crippen LogP contribution is -1.92. The molecule has 0 unspecified atom stereocenters. The molecule has 4 rings (SSSR count). The molecular weight excluding hydrogens is 373 g/mol. The Labute approximate surface area is 158 Å². The first-order chi connectivity index (χ1) is 12.7. The van der Waals surface area contributed by atoms with Crippen LogP contribution in [-0.4, -0.2) is 15.1 Å². The number of nitrogens with zero attached hydrogens (tertiary/aromatic N) is 3. The zero-order chi connectivity index (χ0) is 17.9. The minimum atomic E-state index is -0.261. The summed E-state index contributed by atoms with van der Waals surface area (Å²) in [7, 11) is 0. The topological polar surface area (TPSA) is 51.8 Å². The van der Waals surface area contributed by atoms with E-state index in [0.717, 1.165) is 21.8 Å². The molecule has 2 aromatic heterocycles. The Balaban J connectivity index is 1.44. The van der Waals surface area contributed by atoms with Gasteiger partial charge in [-0.05, 0) is 42.0 Å². The summed E-state index contributed by atoms with van der Waals surface area (Å²) in [6, 6.07) is 13.8. The maximum Gasteiger partial charge on any atom is 0.233 e. The molecule has 0 spiro atoms. The van der Waals surface area contributed by atoms with Gasteiger partial charge in [-0.3, -0.25) is 0 Å². The fourth-order valence-electron chi connectivity index (χ4n) is 2.49. The predicted molar refractivity (Wildman–Crippen MR) is 98.9 cm³/mol. The van der Waals surface area contributed by atoms with Crippen molar-refractivity contribution in [3.05, 3.63) is 87.0 Å². The minimum Gasteiger partial charge on any atom is -0.339 e. The molecule has 0 aliphatic rings. The number of hydrogen-bond acceptors (Lipinski definition) is 5. The average Bonchev–Trinajstić information content (AvgIpc) is 3.28. The van der Waals surface area contributed by atoms with Gasteiger partial charge in [-0.2, -0.15) is 4.98 Å². The molecule has 0 saturated carbocycles. The number of aromatic nitrogens is 3. The largest absolute Gasteiger partial charge is 0.339 e. The lowest BCUT2D eigenvalue weighted by Gasteiger charge is -1.96. The van der Waals surface area contributed by atoms with E-state index in [0.29, 0.717) is 29.6 Å². The Morgan fingerprint density at radius 1 is 0.962 bits per heavy atom. The van der Waals surface area contributed by atoms with Gasteiger partial charge in [0.25, 0.3) is 0 Å². The molecule has 2 aromatic carbocycles. The van der Waals surface area contributed by atoms with Crippen molar-refractivity contribution in [3.8, 4) is 11.3 Å². The summed E-state index contributed by atoms with van der Waals surface area (Å²) in [5.74, 6) is 0.884. The Morgan fingerprint density at radius 3 is 2.50 bits per heavy atom. The quantitative estimate of drug-likeness (QED) is 0.475. The van der Waals surface area contributed by atoms with Crippen LogP contribution < -0.4 is 0 Å². The summed E-state index contributed by atoms with van der Waals surface area (Å²) in [6.45, 7) is 0. The number of halogens is 2. The Kier molecular flexibility index (Phi) is 4.77. The molecule has 0 bridgehead atoms. The molecule has 0 aliphatic heterocycles. The van der Waals surface area contributed by atoms with E-state index in [1.807, 2.05) is 29.6 Å². The molecule has 4 nitrogen and oxygen atoms in total. The van der Waals surface area contributed by atoms with Gasteiger partial charge < -0.3 is 4.52 Å². The van der Waals surface area contributed by atoms with Gasteiger partial charge in [-0.1, -0.05) is 28.9 Å². The molecule has 0 fully saturated rings. The average molecular weight is 386 g/mol. The summed E-state index contributed by atoms with van der Waals surface area (Å²) < 4.78 is 18.3. The molecule has 2 heterocycles. The van der Waals surface area contributed by atoms with Gasteiger partial charge in [0.05, 0.1) is 12.1 Å². The third kappa shape index (κ3) is 3.98. The molecule has 0 amide bonds. The highest BCUT2D eigenvalue weighted by Gasteiger charge is 2.11. The molecule has 0 atom stereocenters. The number of rotatable bonds is 5. The maximum atomic E-state index is 13.0. The SMILES string of the molecule is Fc1ccc(-c2csc(Cc3nc(Cc4ccc(Cl)cc4)no3)n2)cc1. The summed E-state index contributed by atoms with van der Waals surface area (Å²) in [5, 5.41) is 7.52. The van der Waals surface area contributed by atoms with E-state index < -0.39 is 0 Å². The Bertz CT molecular complexity index is 1010. The van der Waals surface area contributed by atoms with Crippen LogP contribution in [0.5, 0.6) is 0 Å². The van der Waals surface area contributed by atoms with Crippen molar-refractivity contribution in [2.24, 2.45) is 0 Å². The summed E-state index contributed by atoms with van der Waals surface area (Å²) in [4.78, 5) is 8.99.